The molecule has 0 heterocycles. The molecule has 9 nitrogen and oxygen atoms in total. The second-order valence-electron chi connectivity index (χ2n) is 10.2. The number of hydrogen-bond donors (Lipinski definition) is 4. The third-order valence-corrected chi connectivity index (χ3v) is 5.93. The third-order valence-electron chi connectivity index (χ3n) is 4.96. The molecule has 0 saturated carbocycles. The van der Waals surface area contributed by atoms with Gasteiger partial charge in [0.25, 0.3) is 0 Å². The van der Waals surface area contributed by atoms with E-state index in [2.05, 4.69) is 43.6 Å². The first-order chi connectivity index (χ1) is 17.1. The predicted molar refractivity (Wildman–Crippen MR) is 148 cm³/mol. The smallest absolute Gasteiger partial charge is 0.408 e. The highest BCUT2D eigenvalue weighted by Gasteiger charge is 2.29. The van der Waals surface area contributed by atoms with E-state index in [4.69, 9.17) is 9.84 Å². The zero-order valence-corrected chi connectivity index (χ0v) is 24.0. The Morgan fingerprint density at radius 1 is 0.865 bits per heavy atom. The highest BCUT2D eigenvalue weighted by molar-refractivity contribution is 7.99. The second-order valence-corrected chi connectivity index (χ2v) is 11.3. The van der Waals surface area contributed by atoms with E-state index in [0.29, 0.717) is 5.75 Å². The van der Waals surface area contributed by atoms with Gasteiger partial charge in [0.05, 0.1) is 6.42 Å². The Bertz CT molecular complexity index is 868. The molecule has 37 heavy (non-hydrogen) atoms. The minimum Gasteiger partial charge on any atom is -0.481 e. The molecule has 0 fully saturated rings. The highest BCUT2D eigenvalue weighted by Crippen LogP contribution is 2.13. The molecule has 10 heteroatoms. The summed E-state index contributed by atoms with van der Waals surface area (Å²) in [6, 6.07) is -2.71. The number of allylic oxidation sites excluding steroid dienone is 5. The number of nitrogens with one attached hydrogen (secondary N) is 2. The van der Waals surface area contributed by atoms with E-state index in [1.165, 1.54) is 28.5 Å². The lowest BCUT2D eigenvalue weighted by atomic mass is 10.1. The van der Waals surface area contributed by atoms with Crippen LogP contribution in [0, 0.1) is 0 Å². The van der Waals surface area contributed by atoms with Crippen molar-refractivity contribution in [3.8, 4) is 0 Å². The fourth-order valence-electron chi connectivity index (χ4n) is 3.01. The Morgan fingerprint density at radius 2 is 1.43 bits per heavy atom. The fourth-order valence-corrected chi connectivity index (χ4v) is 4.01. The maximum atomic E-state index is 12.6. The standard InChI is InChI=1S/C27H44N2O7S/c1-18(2)10-8-11-19(3)12-9-13-20(4)14-15-37-17-22(25(33)34)28-24(32)21(16-23(30)31)29-26(35)36-27(5,6)7/h10,12,14,21-22H,8-9,11,13,15-17H2,1-7H3,(H,28,32)(H,29,35)(H,30,31)(H,33,34)/t21-,22+/m1/s1. The SMILES string of the molecule is CC(C)=CCCC(C)=CCCC(C)=CCSC[C@H](NC(=O)[C@@H](CC(=O)O)NC(=O)OC(C)(C)C)C(=O)O. The van der Waals surface area contributed by atoms with E-state index >= 15 is 0 Å². The van der Waals surface area contributed by atoms with Crippen LogP contribution in [0.5, 0.6) is 0 Å². The summed E-state index contributed by atoms with van der Waals surface area (Å²) in [5.74, 6) is -2.82. The number of amides is 2. The molecular weight excluding hydrogens is 496 g/mol. The van der Waals surface area contributed by atoms with Crippen LogP contribution in [0.25, 0.3) is 0 Å². The van der Waals surface area contributed by atoms with Crippen molar-refractivity contribution in [3.63, 3.8) is 0 Å². The number of alkyl carbamates (subject to hydrolysis) is 1. The number of thioether (sulfide) groups is 1. The molecule has 0 aliphatic heterocycles. The van der Waals surface area contributed by atoms with Gasteiger partial charge in [0.2, 0.25) is 5.91 Å². The minimum atomic E-state index is -1.47. The van der Waals surface area contributed by atoms with Crippen LogP contribution in [0.15, 0.2) is 34.9 Å². The second kappa shape index (κ2) is 17.7. The molecule has 0 aromatic heterocycles. The Morgan fingerprint density at radius 3 is 1.95 bits per heavy atom. The van der Waals surface area contributed by atoms with Crippen molar-refractivity contribution in [3.05, 3.63) is 34.9 Å². The Balaban J connectivity index is 4.78. The number of aliphatic carboxylic acids is 2. The van der Waals surface area contributed by atoms with Gasteiger partial charge in [-0.15, -0.1) is 0 Å². The molecule has 210 valence electrons. The summed E-state index contributed by atoms with van der Waals surface area (Å²) in [6.45, 7) is 13.2. The first-order valence-corrected chi connectivity index (χ1v) is 13.5. The quantitative estimate of drug-likeness (QED) is 0.157. The van der Waals surface area contributed by atoms with Gasteiger partial charge >= 0.3 is 18.0 Å². The maximum Gasteiger partial charge on any atom is 0.408 e. The van der Waals surface area contributed by atoms with Gasteiger partial charge in [-0.05, 0) is 74.1 Å². The van der Waals surface area contributed by atoms with Crippen LogP contribution in [-0.2, 0) is 19.1 Å². The molecule has 0 aliphatic carbocycles. The third kappa shape index (κ3) is 19.1. The number of rotatable bonds is 16. The molecule has 0 bridgehead atoms. The number of carbonyl (C=O) groups is 4. The summed E-state index contributed by atoms with van der Waals surface area (Å²) in [5.41, 5.74) is 3.04. The summed E-state index contributed by atoms with van der Waals surface area (Å²) in [4.78, 5) is 47.4. The molecule has 0 radical (unpaired) electrons. The van der Waals surface area contributed by atoms with Crippen molar-refractivity contribution in [2.75, 3.05) is 11.5 Å². The van der Waals surface area contributed by atoms with Gasteiger partial charge in [-0.25, -0.2) is 9.59 Å². The zero-order valence-electron chi connectivity index (χ0n) is 23.2. The van der Waals surface area contributed by atoms with Crippen molar-refractivity contribution in [2.24, 2.45) is 0 Å². The van der Waals surface area contributed by atoms with E-state index in [1.54, 1.807) is 20.8 Å². The van der Waals surface area contributed by atoms with E-state index in [-0.39, 0.29) is 5.75 Å². The number of hydrogen-bond acceptors (Lipinski definition) is 6. The fraction of sp³-hybridized carbons (Fsp3) is 0.630. The van der Waals surface area contributed by atoms with Crippen molar-refractivity contribution in [1.29, 1.82) is 0 Å². The van der Waals surface area contributed by atoms with E-state index < -0.39 is 48.0 Å². The molecule has 0 aromatic rings. The molecular formula is C27H44N2O7S. The molecule has 2 atom stereocenters. The Kier molecular flexibility index (Phi) is 16.3. The monoisotopic (exact) mass is 540 g/mol. The van der Waals surface area contributed by atoms with Crippen molar-refractivity contribution in [1.82, 2.24) is 10.6 Å². The van der Waals surface area contributed by atoms with Crippen LogP contribution < -0.4 is 10.6 Å². The van der Waals surface area contributed by atoms with Crippen LogP contribution >= 0.6 is 11.8 Å². The minimum absolute atomic E-state index is 0.0838. The van der Waals surface area contributed by atoms with Gasteiger partial charge in [0.1, 0.15) is 17.7 Å². The topological polar surface area (TPSA) is 142 Å². The number of carboxylic acid groups (broad SMARTS) is 2. The number of carboxylic acids is 2. The zero-order chi connectivity index (χ0) is 28.6. The molecule has 4 N–H and O–H groups in total. The molecule has 0 aliphatic rings. The largest absolute Gasteiger partial charge is 0.481 e. The van der Waals surface area contributed by atoms with Crippen LogP contribution in [0.2, 0.25) is 0 Å². The average Bonchev–Trinajstić information content (AvgIpc) is 2.73. The average molecular weight is 541 g/mol. The summed E-state index contributed by atoms with van der Waals surface area (Å²) in [5, 5.41) is 23.1. The highest BCUT2D eigenvalue weighted by atomic mass is 32.2. The van der Waals surface area contributed by atoms with E-state index in [9.17, 15) is 24.3 Å². The van der Waals surface area contributed by atoms with Crippen LogP contribution in [-0.4, -0.2) is 63.3 Å². The summed E-state index contributed by atoms with van der Waals surface area (Å²) < 4.78 is 5.07. The van der Waals surface area contributed by atoms with Crippen LogP contribution in [0.3, 0.4) is 0 Å². The van der Waals surface area contributed by atoms with E-state index in [0.717, 1.165) is 25.7 Å². The lowest BCUT2D eigenvalue weighted by Gasteiger charge is -2.23. The lowest BCUT2D eigenvalue weighted by molar-refractivity contribution is -0.142. The van der Waals surface area contributed by atoms with Crippen LogP contribution in [0.1, 0.15) is 80.6 Å². The van der Waals surface area contributed by atoms with Gasteiger partial charge in [-0.3, -0.25) is 9.59 Å². The molecule has 2 amide bonds. The summed E-state index contributed by atoms with van der Waals surface area (Å²) >= 11 is 1.34. The maximum absolute atomic E-state index is 12.6. The lowest BCUT2D eigenvalue weighted by Crippen LogP contribution is -2.53. The first kappa shape index (κ1) is 34.2. The number of carbonyl (C=O) groups excluding carboxylic acids is 2. The Labute approximate surface area is 225 Å². The number of ether oxygens (including phenoxy) is 1. The van der Waals surface area contributed by atoms with Crippen molar-refractivity contribution >= 4 is 35.7 Å². The normalized spacial score (nSPS) is 13.8. The van der Waals surface area contributed by atoms with Crippen molar-refractivity contribution < 1.29 is 34.1 Å². The first-order valence-electron chi connectivity index (χ1n) is 12.4. The van der Waals surface area contributed by atoms with Gasteiger partial charge in [0, 0.05) is 11.5 Å². The molecule has 0 spiro atoms. The molecule has 0 rings (SSSR count). The molecule has 0 aromatic carbocycles. The van der Waals surface area contributed by atoms with E-state index in [1.807, 2.05) is 13.0 Å². The van der Waals surface area contributed by atoms with Gasteiger partial charge < -0.3 is 25.6 Å². The van der Waals surface area contributed by atoms with Gasteiger partial charge in [0.15, 0.2) is 0 Å². The summed E-state index contributed by atoms with van der Waals surface area (Å²) in [6.07, 6.45) is 8.79. The molecule has 0 unspecified atom stereocenters. The van der Waals surface area contributed by atoms with Crippen LogP contribution in [0.4, 0.5) is 4.79 Å². The predicted octanol–water partition coefficient (Wildman–Crippen LogP) is 5.08. The summed E-state index contributed by atoms with van der Waals surface area (Å²) in [7, 11) is 0. The molecule has 0 saturated heterocycles. The van der Waals surface area contributed by atoms with Crippen molar-refractivity contribution in [2.45, 2.75) is 98.3 Å². The Hall–Kier alpha value is -2.75. The van der Waals surface area contributed by atoms with Gasteiger partial charge in [-0.1, -0.05) is 34.9 Å². The van der Waals surface area contributed by atoms with Gasteiger partial charge in [-0.2, -0.15) is 11.8 Å².